The molecule has 0 radical (unpaired) electrons. The molecule has 1 N–H and O–H groups in total. The van der Waals surface area contributed by atoms with Crippen LogP contribution in [-0.4, -0.2) is 36.3 Å². The highest BCUT2D eigenvalue weighted by molar-refractivity contribution is 9.10. The summed E-state index contributed by atoms with van der Waals surface area (Å²) in [5.74, 6) is 0.323. The van der Waals surface area contributed by atoms with Crippen LogP contribution < -0.4 is 0 Å². The Bertz CT molecular complexity index is 384. The molecule has 1 fully saturated rings. The first kappa shape index (κ1) is 12.9. The molecule has 1 heterocycles. The predicted molar refractivity (Wildman–Crippen MR) is 71.1 cm³/mol. The number of nitrogens with zero attached hydrogens (tertiary/aromatic N) is 1. The monoisotopic (exact) mass is 299 g/mol. The maximum absolute atomic E-state index is 9.50. The minimum absolute atomic E-state index is 0.323. The van der Waals surface area contributed by atoms with Gasteiger partial charge in [0.2, 0.25) is 0 Å². The van der Waals surface area contributed by atoms with Crippen molar-refractivity contribution in [2.75, 3.05) is 20.2 Å². The van der Waals surface area contributed by atoms with Gasteiger partial charge in [0, 0.05) is 24.7 Å². The Balaban J connectivity index is 2.02. The van der Waals surface area contributed by atoms with Gasteiger partial charge in [-0.1, -0.05) is 15.9 Å². The second kappa shape index (κ2) is 5.85. The number of rotatable bonds is 3. The number of ether oxygens (including phenoxy) is 1. The molecule has 4 heteroatoms. The van der Waals surface area contributed by atoms with Crippen LogP contribution in [0.5, 0.6) is 5.75 Å². The van der Waals surface area contributed by atoms with Crippen LogP contribution in [0.4, 0.5) is 0 Å². The van der Waals surface area contributed by atoms with E-state index in [2.05, 4.69) is 20.8 Å². The number of phenols is 1. The molecule has 1 saturated heterocycles. The molecule has 1 aliphatic heterocycles. The molecule has 1 unspecified atom stereocenters. The topological polar surface area (TPSA) is 32.7 Å². The summed E-state index contributed by atoms with van der Waals surface area (Å²) < 4.78 is 6.46. The first-order valence-electron chi connectivity index (χ1n) is 5.91. The van der Waals surface area contributed by atoms with E-state index in [0.29, 0.717) is 11.9 Å². The lowest BCUT2D eigenvalue weighted by molar-refractivity contribution is 0.0285. The summed E-state index contributed by atoms with van der Waals surface area (Å²) in [4.78, 5) is 2.37. The third-order valence-electron chi connectivity index (χ3n) is 3.22. The lowest BCUT2D eigenvalue weighted by atomic mass is 10.1. The van der Waals surface area contributed by atoms with Crippen molar-refractivity contribution in [3.8, 4) is 5.75 Å². The van der Waals surface area contributed by atoms with Crippen molar-refractivity contribution in [1.82, 2.24) is 4.90 Å². The summed E-state index contributed by atoms with van der Waals surface area (Å²) in [6.45, 7) is 2.93. The van der Waals surface area contributed by atoms with Crippen LogP contribution in [0.15, 0.2) is 22.7 Å². The maximum Gasteiger partial charge on any atom is 0.115 e. The van der Waals surface area contributed by atoms with Gasteiger partial charge < -0.3 is 9.84 Å². The number of phenolic OH excluding ortho intramolecular Hbond substituents is 1. The van der Waals surface area contributed by atoms with Crippen molar-refractivity contribution in [3.63, 3.8) is 0 Å². The molecule has 0 bridgehead atoms. The second-order valence-corrected chi connectivity index (χ2v) is 5.37. The minimum Gasteiger partial charge on any atom is -0.508 e. The second-order valence-electron chi connectivity index (χ2n) is 4.51. The fraction of sp³-hybridized carbons (Fsp3) is 0.538. The molecule has 1 aromatic carbocycles. The van der Waals surface area contributed by atoms with E-state index in [1.807, 2.05) is 12.1 Å². The number of hydrogen-bond acceptors (Lipinski definition) is 3. The summed E-state index contributed by atoms with van der Waals surface area (Å²) in [7, 11) is 1.78. The van der Waals surface area contributed by atoms with E-state index >= 15 is 0 Å². The Morgan fingerprint density at radius 1 is 1.53 bits per heavy atom. The number of halogens is 1. The van der Waals surface area contributed by atoms with E-state index in [4.69, 9.17) is 4.74 Å². The van der Waals surface area contributed by atoms with Crippen molar-refractivity contribution in [1.29, 1.82) is 0 Å². The highest BCUT2D eigenvalue weighted by atomic mass is 79.9. The number of likely N-dealkylation sites (tertiary alicyclic amines) is 1. The molecule has 0 amide bonds. The third-order valence-corrected chi connectivity index (χ3v) is 3.99. The molecule has 17 heavy (non-hydrogen) atoms. The molecular weight excluding hydrogens is 282 g/mol. The third kappa shape index (κ3) is 3.44. The van der Waals surface area contributed by atoms with E-state index in [1.165, 1.54) is 6.42 Å². The standard InChI is InChI=1S/C13H18BrNO2/c1-17-12-3-2-6-15(9-12)8-10-7-11(16)4-5-13(10)14/h4-5,7,12,16H,2-3,6,8-9H2,1H3. The van der Waals surface area contributed by atoms with Crippen LogP contribution in [0, 0.1) is 0 Å². The number of methoxy groups -OCH3 is 1. The Morgan fingerprint density at radius 3 is 3.12 bits per heavy atom. The van der Waals surface area contributed by atoms with Gasteiger partial charge >= 0.3 is 0 Å². The molecule has 94 valence electrons. The van der Waals surface area contributed by atoms with Crippen molar-refractivity contribution in [2.45, 2.75) is 25.5 Å². The number of benzene rings is 1. The first-order valence-corrected chi connectivity index (χ1v) is 6.71. The molecule has 0 aliphatic carbocycles. The Hall–Kier alpha value is -0.580. The van der Waals surface area contributed by atoms with Gasteiger partial charge in [-0.15, -0.1) is 0 Å². The van der Waals surface area contributed by atoms with Crippen LogP contribution in [0.3, 0.4) is 0 Å². The van der Waals surface area contributed by atoms with Crippen molar-refractivity contribution < 1.29 is 9.84 Å². The van der Waals surface area contributed by atoms with E-state index in [9.17, 15) is 5.11 Å². The van der Waals surface area contributed by atoms with Gasteiger partial charge in [-0.25, -0.2) is 0 Å². The lowest BCUT2D eigenvalue weighted by Gasteiger charge is -2.32. The Labute approximate surface area is 111 Å². The normalized spacial score (nSPS) is 21.6. The minimum atomic E-state index is 0.323. The zero-order valence-electron chi connectivity index (χ0n) is 10.0. The van der Waals surface area contributed by atoms with E-state index in [-0.39, 0.29) is 0 Å². The molecule has 0 spiro atoms. The Morgan fingerprint density at radius 2 is 2.35 bits per heavy atom. The van der Waals surface area contributed by atoms with Gasteiger partial charge in [0.05, 0.1) is 6.10 Å². The van der Waals surface area contributed by atoms with Crippen LogP contribution in [0.2, 0.25) is 0 Å². The summed E-state index contributed by atoms with van der Waals surface area (Å²) in [5.41, 5.74) is 1.13. The van der Waals surface area contributed by atoms with E-state index in [0.717, 1.165) is 36.1 Å². The van der Waals surface area contributed by atoms with Crippen LogP contribution >= 0.6 is 15.9 Å². The summed E-state index contributed by atoms with van der Waals surface area (Å²) in [6.07, 6.45) is 2.67. The highest BCUT2D eigenvalue weighted by Crippen LogP contribution is 2.24. The Kier molecular flexibility index (Phi) is 4.42. The zero-order chi connectivity index (χ0) is 12.3. The van der Waals surface area contributed by atoms with Crippen molar-refractivity contribution in [3.05, 3.63) is 28.2 Å². The fourth-order valence-electron chi connectivity index (χ4n) is 2.27. The smallest absolute Gasteiger partial charge is 0.115 e. The van der Waals surface area contributed by atoms with Crippen LogP contribution in [-0.2, 0) is 11.3 Å². The van der Waals surface area contributed by atoms with Crippen LogP contribution in [0.25, 0.3) is 0 Å². The van der Waals surface area contributed by atoms with E-state index in [1.54, 1.807) is 13.2 Å². The molecule has 1 atom stereocenters. The average Bonchev–Trinajstić information content (AvgIpc) is 2.34. The van der Waals surface area contributed by atoms with Crippen molar-refractivity contribution >= 4 is 15.9 Å². The summed E-state index contributed by atoms with van der Waals surface area (Å²) >= 11 is 3.52. The van der Waals surface area contributed by atoms with Gasteiger partial charge in [0.15, 0.2) is 0 Å². The zero-order valence-corrected chi connectivity index (χ0v) is 11.6. The largest absolute Gasteiger partial charge is 0.508 e. The molecule has 0 saturated carbocycles. The molecule has 1 aliphatic rings. The number of aromatic hydroxyl groups is 1. The average molecular weight is 300 g/mol. The quantitative estimate of drug-likeness (QED) is 0.931. The van der Waals surface area contributed by atoms with Gasteiger partial charge in [-0.3, -0.25) is 4.90 Å². The molecule has 0 aromatic heterocycles. The molecule has 1 aromatic rings. The summed E-state index contributed by atoms with van der Waals surface area (Å²) in [6, 6.07) is 5.41. The highest BCUT2D eigenvalue weighted by Gasteiger charge is 2.19. The van der Waals surface area contributed by atoms with Gasteiger partial charge in [-0.2, -0.15) is 0 Å². The van der Waals surface area contributed by atoms with E-state index < -0.39 is 0 Å². The number of piperidine rings is 1. The first-order chi connectivity index (χ1) is 8.19. The van der Waals surface area contributed by atoms with Gasteiger partial charge in [0.25, 0.3) is 0 Å². The number of hydrogen-bond donors (Lipinski definition) is 1. The molecule has 2 rings (SSSR count). The predicted octanol–water partition coefficient (Wildman–Crippen LogP) is 2.77. The van der Waals surface area contributed by atoms with Gasteiger partial charge in [-0.05, 0) is 43.1 Å². The van der Waals surface area contributed by atoms with Crippen molar-refractivity contribution in [2.24, 2.45) is 0 Å². The fourth-order valence-corrected chi connectivity index (χ4v) is 2.64. The molecular formula is C13H18BrNO2. The van der Waals surface area contributed by atoms with Crippen LogP contribution in [0.1, 0.15) is 18.4 Å². The van der Waals surface area contributed by atoms with Gasteiger partial charge in [0.1, 0.15) is 5.75 Å². The SMILES string of the molecule is COC1CCCN(Cc2cc(O)ccc2Br)C1. The summed E-state index contributed by atoms with van der Waals surface area (Å²) in [5, 5.41) is 9.50. The molecule has 3 nitrogen and oxygen atoms in total. The lowest BCUT2D eigenvalue weighted by Crippen LogP contribution is -2.38. The maximum atomic E-state index is 9.50.